The zero-order valence-electron chi connectivity index (χ0n) is 10.8. The molecule has 1 aliphatic carbocycles. The molecule has 1 fully saturated rings. The van der Waals surface area contributed by atoms with Gasteiger partial charge in [0, 0.05) is 12.0 Å². The van der Waals surface area contributed by atoms with Crippen LogP contribution in [0, 0.1) is 5.82 Å². The van der Waals surface area contributed by atoms with E-state index in [0.717, 1.165) is 18.5 Å². The van der Waals surface area contributed by atoms with E-state index in [9.17, 15) is 9.18 Å². The number of primary amides is 1. The van der Waals surface area contributed by atoms with Crippen LogP contribution in [-0.2, 0) is 6.54 Å². The summed E-state index contributed by atoms with van der Waals surface area (Å²) in [5.74, 6) is 0.697. The zero-order valence-corrected chi connectivity index (χ0v) is 10.8. The molecule has 0 unspecified atom stereocenters. The lowest BCUT2D eigenvalue weighted by Gasteiger charge is -2.18. The molecular formula is C14H15FN4O. The van der Waals surface area contributed by atoms with Gasteiger partial charge in [0.05, 0.1) is 12.2 Å². The highest BCUT2D eigenvalue weighted by molar-refractivity contribution is 5.89. The van der Waals surface area contributed by atoms with Crippen molar-refractivity contribution < 1.29 is 9.18 Å². The number of urea groups is 1. The molecule has 0 atom stereocenters. The van der Waals surface area contributed by atoms with Crippen LogP contribution in [-0.4, -0.2) is 16.2 Å². The van der Waals surface area contributed by atoms with E-state index in [4.69, 9.17) is 5.73 Å². The van der Waals surface area contributed by atoms with Crippen molar-refractivity contribution in [3.63, 3.8) is 0 Å². The third kappa shape index (κ3) is 2.64. The van der Waals surface area contributed by atoms with E-state index in [-0.39, 0.29) is 12.4 Å². The highest BCUT2D eigenvalue weighted by Crippen LogP contribution is 2.39. The van der Waals surface area contributed by atoms with Crippen LogP contribution in [0.3, 0.4) is 0 Å². The van der Waals surface area contributed by atoms with E-state index in [1.807, 2.05) is 6.07 Å². The lowest BCUT2D eigenvalue weighted by molar-refractivity contribution is 0.253. The van der Waals surface area contributed by atoms with Crippen LogP contribution in [0.1, 0.15) is 30.0 Å². The third-order valence-corrected chi connectivity index (χ3v) is 3.37. The Morgan fingerprint density at radius 2 is 2.25 bits per heavy atom. The summed E-state index contributed by atoms with van der Waals surface area (Å²) in [5.41, 5.74) is 7.02. The Morgan fingerprint density at radius 1 is 1.45 bits per heavy atom. The fourth-order valence-corrected chi connectivity index (χ4v) is 2.15. The van der Waals surface area contributed by atoms with Gasteiger partial charge in [-0.3, -0.25) is 10.00 Å². The van der Waals surface area contributed by atoms with Crippen molar-refractivity contribution in [3.05, 3.63) is 47.4 Å². The number of nitrogens with two attached hydrogens (primary N) is 1. The van der Waals surface area contributed by atoms with Crippen LogP contribution in [0.25, 0.3) is 0 Å². The number of anilines is 1. The first-order valence-electron chi connectivity index (χ1n) is 6.50. The van der Waals surface area contributed by atoms with Gasteiger partial charge >= 0.3 is 6.03 Å². The fourth-order valence-electron chi connectivity index (χ4n) is 2.15. The quantitative estimate of drug-likeness (QED) is 0.898. The van der Waals surface area contributed by atoms with Gasteiger partial charge in [0.15, 0.2) is 0 Å². The lowest BCUT2D eigenvalue weighted by Crippen LogP contribution is -2.35. The number of H-pyrrole nitrogens is 1. The van der Waals surface area contributed by atoms with E-state index < -0.39 is 6.03 Å². The number of benzene rings is 1. The molecule has 2 amide bonds. The SMILES string of the molecule is NC(=O)N(Cc1cccc(F)c1)c1cc(C2CC2)n[nH]1. The highest BCUT2D eigenvalue weighted by Gasteiger charge is 2.27. The second-order valence-electron chi connectivity index (χ2n) is 5.01. The number of hydrogen-bond donors (Lipinski definition) is 2. The molecule has 0 bridgehead atoms. The number of amides is 2. The van der Waals surface area contributed by atoms with Crippen molar-refractivity contribution in [3.8, 4) is 0 Å². The predicted molar refractivity (Wildman–Crippen MR) is 72.7 cm³/mol. The number of hydrogen-bond acceptors (Lipinski definition) is 2. The minimum Gasteiger partial charge on any atom is -0.351 e. The summed E-state index contributed by atoms with van der Waals surface area (Å²) in [6.45, 7) is 0.208. The van der Waals surface area contributed by atoms with Crippen molar-refractivity contribution in [2.24, 2.45) is 5.73 Å². The summed E-state index contributed by atoms with van der Waals surface area (Å²) < 4.78 is 13.2. The third-order valence-electron chi connectivity index (χ3n) is 3.37. The Kier molecular flexibility index (Phi) is 3.14. The maximum absolute atomic E-state index is 13.2. The number of aromatic nitrogens is 2. The molecule has 0 saturated heterocycles. The van der Waals surface area contributed by atoms with Crippen molar-refractivity contribution in [1.29, 1.82) is 0 Å². The van der Waals surface area contributed by atoms with E-state index in [0.29, 0.717) is 17.3 Å². The Bertz CT molecular complexity index is 636. The molecule has 1 aliphatic rings. The summed E-state index contributed by atoms with van der Waals surface area (Å²) in [7, 11) is 0. The van der Waals surface area contributed by atoms with Crippen LogP contribution in [0.2, 0.25) is 0 Å². The first kappa shape index (κ1) is 12.7. The molecule has 1 aromatic carbocycles. The Labute approximate surface area is 115 Å². The van der Waals surface area contributed by atoms with Gasteiger partial charge < -0.3 is 5.73 Å². The molecule has 6 heteroatoms. The molecule has 1 saturated carbocycles. The average molecular weight is 274 g/mol. The van der Waals surface area contributed by atoms with Crippen LogP contribution in [0.15, 0.2) is 30.3 Å². The topological polar surface area (TPSA) is 75.0 Å². The summed E-state index contributed by atoms with van der Waals surface area (Å²) in [4.78, 5) is 12.9. The maximum atomic E-state index is 13.2. The van der Waals surface area contributed by atoms with Crippen LogP contribution >= 0.6 is 0 Å². The fraction of sp³-hybridized carbons (Fsp3) is 0.286. The average Bonchev–Trinajstić information content (AvgIpc) is 3.14. The second kappa shape index (κ2) is 4.96. The van der Waals surface area contributed by atoms with E-state index >= 15 is 0 Å². The minimum absolute atomic E-state index is 0.208. The van der Waals surface area contributed by atoms with Gasteiger partial charge in [-0.1, -0.05) is 12.1 Å². The van der Waals surface area contributed by atoms with Crippen molar-refractivity contribution in [2.45, 2.75) is 25.3 Å². The summed E-state index contributed by atoms with van der Waals surface area (Å²) >= 11 is 0. The Hall–Kier alpha value is -2.37. The van der Waals surface area contributed by atoms with Gasteiger partial charge in [-0.2, -0.15) is 5.10 Å². The Balaban J connectivity index is 1.82. The van der Waals surface area contributed by atoms with E-state index in [2.05, 4.69) is 10.2 Å². The lowest BCUT2D eigenvalue weighted by atomic mass is 10.2. The molecule has 104 valence electrons. The molecule has 1 aromatic heterocycles. The number of halogens is 1. The molecule has 20 heavy (non-hydrogen) atoms. The maximum Gasteiger partial charge on any atom is 0.320 e. The molecule has 0 radical (unpaired) electrons. The van der Waals surface area contributed by atoms with Gasteiger partial charge in [-0.15, -0.1) is 0 Å². The summed E-state index contributed by atoms with van der Waals surface area (Å²) in [6.07, 6.45) is 2.26. The summed E-state index contributed by atoms with van der Waals surface area (Å²) in [5, 5.41) is 7.02. The molecule has 2 aromatic rings. The normalized spacial score (nSPS) is 14.2. The molecular weight excluding hydrogens is 259 g/mol. The highest BCUT2D eigenvalue weighted by atomic mass is 19.1. The van der Waals surface area contributed by atoms with E-state index in [1.54, 1.807) is 12.1 Å². The predicted octanol–water partition coefficient (Wildman–Crippen LogP) is 2.51. The molecule has 0 aliphatic heterocycles. The Morgan fingerprint density at radius 3 is 2.90 bits per heavy atom. The number of carbonyl (C=O) groups is 1. The second-order valence-corrected chi connectivity index (χ2v) is 5.01. The van der Waals surface area contributed by atoms with Gasteiger partial charge in [-0.25, -0.2) is 9.18 Å². The number of nitrogens with one attached hydrogen (secondary N) is 1. The van der Waals surface area contributed by atoms with Crippen LogP contribution in [0.5, 0.6) is 0 Å². The molecule has 5 nitrogen and oxygen atoms in total. The number of nitrogens with zero attached hydrogens (tertiary/aromatic N) is 2. The van der Waals surface area contributed by atoms with E-state index in [1.165, 1.54) is 17.0 Å². The minimum atomic E-state index is -0.597. The first-order valence-corrected chi connectivity index (χ1v) is 6.50. The van der Waals surface area contributed by atoms with Crippen molar-refractivity contribution >= 4 is 11.8 Å². The molecule has 3 rings (SSSR count). The molecule has 1 heterocycles. The largest absolute Gasteiger partial charge is 0.351 e. The van der Waals surface area contributed by atoms with Crippen molar-refractivity contribution in [2.75, 3.05) is 4.90 Å². The van der Waals surface area contributed by atoms with Gasteiger partial charge in [0.1, 0.15) is 11.6 Å². The van der Waals surface area contributed by atoms with Gasteiger partial charge in [-0.05, 0) is 30.5 Å². The van der Waals surface area contributed by atoms with Gasteiger partial charge in [0.2, 0.25) is 0 Å². The van der Waals surface area contributed by atoms with Crippen molar-refractivity contribution in [1.82, 2.24) is 10.2 Å². The first-order chi connectivity index (χ1) is 9.63. The molecule has 3 N–H and O–H groups in total. The number of aromatic amines is 1. The zero-order chi connectivity index (χ0) is 14.1. The van der Waals surface area contributed by atoms with Crippen LogP contribution < -0.4 is 10.6 Å². The number of carbonyl (C=O) groups excluding carboxylic acids is 1. The smallest absolute Gasteiger partial charge is 0.320 e. The standard InChI is InChI=1S/C14H15FN4O/c15-11-3-1-2-9(6-11)8-19(14(16)20)13-7-12(17-18-13)10-4-5-10/h1-3,6-7,10H,4-5,8H2,(H2,16,20)(H,17,18). The molecule has 0 spiro atoms. The monoisotopic (exact) mass is 274 g/mol. The summed E-state index contributed by atoms with van der Waals surface area (Å²) in [6, 6.07) is 7.33. The van der Waals surface area contributed by atoms with Crippen LogP contribution in [0.4, 0.5) is 15.0 Å². The number of rotatable bonds is 4. The van der Waals surface area contributed by atoms with Gasteiger partial charge in [0.25, 0.3) is 0 Å².